The number of nitrogens with two attached hydrogens (primary N) is 1. The number of ether oxygens (including phenoxy) is 1. The molecular weight excluding hydrogens is 200 g/mol. The minimum absolute atomic E-state index is 0.405. The molecule has 1 heterocycles. The summed E-state index contributed by atoms with van der Waals surface area (Å²) in [6.45, 7) is 5.16. The zero-order valence-corrected chi connectivity index (χ0v) is 10.5. The van der Waals surface area contributed by atoms with Crippen LogP contribution in [-0.4, -0.2) is 42.8 Å². The molecule has 94 valence electrons. The number of hydrogen-bond donors (Lipinski definition) is 1. The Morgan fingerprint density at radius 1 is 1.38 bits per heavy atom. The molecule has 0 aromatic carbocycles. The largest absolute Gasteiger partial charge is 0.377 e. The Balaban J connectivity index is 1.91. The maximum atomic E-state index is 5.97. The van der Waals surface area contributed by atoms with E-state index in [1.54, 1.807) is 0 Å². The minimum Gasteiger partial charge on any atom is -0.377 e. The van der Waals surface area contributed by atoms with E-state index in [1.807, 2.05) is 0 Å². The number of rotatable bonds is 7. The molecular formula is C13H26N2O. The first-order valence-electron chi connectivity index (χ1n) is 6.94. The van der Waals surface area contributed by atoms with Gasteiger partial charge in [0.25, 0.3) is 0 Å². The van der Waals surface area contributed by atoms with Crippen LogP contribution in [0.4, 0.5) is 0 Å². The standard InChI is InChI=1S/C13H26N2O/c1-2-3-8-15(11-6-7-11)12(10-14)13-5-4-9-16-13/h11-13H,2-10,14H2,1H3. The van der Waals surface area contributed by atoms with Gasteiger partial charge in [0, 0.05) is 25.2 Å². The second-order valence-electron chi connectivity index (χ2n) is 5.18. The molecule has 0 aromatic heterocycles. The van der Waals surface area contributed by atoms with Gasteiger partial charge in [-0.1, -0.05) is 13.3 Å². The second kappa shape index (κ2) is 5.99. The van der Waals surface area contributed by atoms with Crippen LogP contribution in [0, 0.1) is 0 Å². The van der Waals surface area contributed by atoms with Crippen molar-refractivity contribution in [2.75, 3.05) is 19.7 Å². The monoisotopic (exact) mass is 226 g/mol. The topological polar surface area (TPSA) is 38.5 Å². The van der Waals surface area contributed by atoms with Crippen molar-refractivity contribution in [2.24, 2.45) is 5.73 Å². The van der Waals surface area contributed by atoms with Crippen LogP contribution < -0.4 is 5.73 Å². The first-order chi connectivity index (χ1) is 7.86. The predicted octanol–water partition coefficient (Wildman–Crippen LogP) is 1.76. The highest BCUT2D eigenvalue weighted by Gasteiger charge is 2.37. The second-order valence-corrected chi connectivity index (χ2v) is 5.18. The molecule has 16 heavy (non-hydrogen) atoms. The fraction of sp³-hybridized carbons (Fsp3) is 1.00. The SMILES string of the molecule is CCCCN(C1CC1)C(CN)C1CCCO1. The highest BCUT2D eigenvalue weighted by atomic mass is 16.5. The van der Waals surface area contributed by atoms with Crippen molar-refractivity contribution in [3.63, 3.8) is 0 Å². The summed E-state index contributed by atoms with van der Waals surface area (Å²) in [6.07, 6.45) is 8.12. The Kier molecular flexibility index (Phi) is 4.62. The third kappa shape index (κ3) is 2.96. The van der Waals surface area contributed by atoms with Gasteiger partial charge >= 0.3 is 0 Å². The molecule has 0 bridgehead atoms. The fourth-order valence-electron chi connectivity index (χ4n) is 2.77. The van der Waals surface area contributed by atoms with Crippen molar-refractivity contribution in [2.45, 2.75) is 63.6 Å². The third-order valence-electron chi connectivity index (χ3n) is 3.85. The summed E-state index contributed by atoms with van der Waals surface area (Å²) in [5, 5.41) is 0. The van der Waals surface area contributed by atoms with Crippen LogP contribution in [0.5, 0.6) is 0 Å². The van der Waals surface area contributed by atoms with E-state index < -0.39 is 0 Å². The van der Waals surface area contributed by atoms with Crippen molar-refractivity contribution in [1.29, 1.82) is 0 Å². The first kappa shape index (κ1) is 12.3. The van der Waals surface area contributed by atoms with Crippen molar-refractivity contribution < 1.29 is 4.74 Å². The van der Waals surface area contributed by atoms with E-state index in [4.69, 9.17) is 10.5 Å². The lowest BCUT2D eigenvalue weighted by Gasteiger charge is -2.34. The zero-order valence-electron chi connectivity index (χ0n) is 10.5. The Bertz CT molecular complexity index is 200. The van der Waals surface area contributed by atoms with E-state index in [2.05, 4.69) is 11.8 Å². The maximum Gasteiger partial charge on any atom is 0.0743 e. The Morgan fingerprint density at radius 3 is 2.69 bits per heavy atom. The van der Waals surface area contributed by atoms with Gasteiger partial charge < -0.3 is 10.5 Å². The molecule has 0 amide bonds. The van der Waals surface area contributed by atoms with Gasteiger partial charge in [0.05, 0.1) is 6.10 Å². The van der Waals surface area contributed by atoms with E-state index >= 15 is 0 Å². The number of nitrogens with zero attached hydrogens (tertiary/aromatic N) is 1. The van der Waals surface area contributed by atoms with Gasteiger partial charge in [-0.05, 0) is 38.6 Å². The van der Waals surface area contributed by atoms with Crippen LogP contribution >= 0.6 is 0 Å². The van der Waals surface area contributed by atoms with Crippen molar-refractivity contribution >= 4 is 0 Å². The van der Waals surface area contributed by atoms with Gasteiger partial charge in [0.1, 0.15) is 0 Å². The summed E-state index contributed by atoms with van der Waals surface area (Å²) in [4.78, 5) is 2.64. The van der Waals surface area contributed by atoms with E-state index in [-0.39, 0.29) is 0 Å². The molecule has 0 radical (unpaired) electrons. The van der Waals surface area contributed by atoms with Crippen molar-refractivity contribution in [3.05, 3.63) is 0 Å². The molecule has 2 unspecified atom stereocenters. The molecule has 2 N–H and O–H groups in total. The summed E-state index contributed by atoms with van der Waals surface area (Å²) in [5.74, 6) is 0. The van der Waals surface area contributed by atoms with Crippen LogP contribution in [0.2, 0.25) is 0 Å². The van der Waals surface area contributed by atoms with Crippen molar-refractivity contribution in [3.8, 4) is 0 Å². The molecule has 3 heteroatoms. The average molecular weight is 226 g/mol. The summed E-state index contributed by atoms with van der Waals surface area (Å²) in [6, 6.07) is 1.28. The Morgan fingerprint density at radius 2 is 2.19 bits per heavy atom. The molecule has 3 nitrogen and oxygen atoms in total. The summed E-state index contributed by atoms with van der Waals surface area (Å²) in [5.41, 5.74) is 5.97. The number of unbranched alkanes of at least 4 members (excludes halogenated alkanes) is 1. The minimum atomic E-state index is 0.405. The quantitative estimate of drug-likeness (QED) is 0.719. The molecule has 0 spiro atoms. The van der Waals surface area contributed by atoms with Crippen LogP contribution in [0.1, 0.15) is 45.4 Å². The highest BCUT2D eigenvalue weighted by molar-refractivity contribution is 4.93. The summed E-state index contributed by atoms with van der Waals surface area (Å²) in [7, 11) is 0. The van der Waals surface area contributed by atoms with Crippen LogP contribution in [0.3, 0.4) is 0 Å². The van der Waals surface area contributed by atoms with Gasteiger partial charge in [-0.2, -0.15) is 0 Å². The van der Waals surface area contributed by atoms with Crippen LogP contribution in [0.15, 0.2) is 0 Å². The molecule has 1 saturated heterocycles. The van der Waals surface area contributed by atoms with E-state index in [1.165, 1.54) is 45.1 Å². The maximum absolute atomic E-state index is 5.97. The first-order valence-corrected chi connectivity index (χ1v) is 6.94. The van der Waals surface area contributed by atoms with E-state index in [0.717, 1.165) is 19.2 Å². The summed E-state index contributed by atoms with van der Waals surface area (Å²) >= 11 is 0. The third-order valence-corrected chi connectivity index (χ3v) is 3.85. The van der Waals surface area contributed by atoms with Crippen molar-refractivity contribution in [1.82, 2.24) is 4.90 Å². The zero-order chi connectivity index (χ0) is 11.4. The predicted molar refractivity (Wildman–Crippen MR) is 66.5 cm³/mol. The normalized spacial score (nSPS) is 27.6. The molecule has 1 aliphatic heterocycles. The average Bonchev–Trinajstić information content (AvgIpc) is 3.00. The number of hydrogen-bond acceptors (Lipinski definition) is 3. The molecule has 2 fully saturated rings. The van der Waals surface area contributed by atoms with Crippen LogP contribution in [-0.2, 0) is 4.74 Å². The van der Waals surface area contributed by atoms with E-state index in [9.17, 15) is 0 Å². The van der Waals surface area contributed by atoms with Gasteiger partial charge in [-0.3, -0.25) is 4.90 Å². The fourth-order valence-corrected chi connectivity index (χ4v) is 2.77. The van der Waals surface area contributed by atoms with Gasteiger partial charge in [0.2, 0.25) is 0 Å². The van der Waals surface area contributed by atoms with Crippen LogP contribution in [0.25, 0.3) is 0 Å². The molecule has 2 atom stereocenters. The summed E-state index contributed by atoms with van der Waals surface area (Å²) < 4.78 is 5.82. The van der Waals surface area contributed by atoms with Gasteiger partial charge in [-0.15, -0.1) is 0 Å². The molecule has 0 aromatic rings. The molecule has 1 saturated carbocycles. The lowest BCUT2D eigenvalue weighted by Crippen LogP contribution is -2.49. The Labute approximate surface area is 99.3 Å². The van der Waals surface area contributed by atoms with Gasteiger partial charge in [0.15, 0.2) is 0 Å². The van der Waals surface area contributed by atoms with E-state index in [0.29, 0.717) is 12.1 Å². The molecule has 2 rings (SSSR count). The van der Waals surface area contributed by atoms with Gasteiger partial charge in [-0.25, -0.2) is 0 Å². The lowest BCUT2D eigenvalue weighted by molar-refractivity contribution is 0.0229. The molecule has 2 aliphatic rings. The molecule has 1 aliphatic carbocycles. The lowest BCUT2D eigenvalue weighted by atomic mass is 10.1. The smallest absolute Gasteiger partial charge is 0.0743 e. The highest BCUT2D eigenvalue weighted by Crippen LogP contribution is 2.31. The Hall–Kier alpha value is -0.120.